The number of para-hydroxylation sites is 1. The quantitative estimate of drug-likeness (QED) is 0.368. The molecule has 0 radical (unpaired) electrons. The first-order chi connectivity index (χ1) is 16.6. The summed E-state index contributed by atoms with van der Waals surface area (Å²) in [6.45, 7) is 9.70. The van der Waals surface area contributed by atoms with Crippen molar-refractivity contribution in [1.82, 2.24) is 4.90 Å². The van der Waals surface area contributed by atoms with Crippen molar-refractivity contribution in [3.63, 3.8) is 0 Å². The number of carbonyl (C=O) groups excluding carboxylic acids is 3. The molecule has 7 nitrogen and oxygen atoms in total. The Morgan fingerprint density at radius 1 is 1.31 bits per heavy atom. The van der Waals surface area contributed by atoms with Gasteiger partial charge in [0.2, 0.25) is 11.8 Å². The van der Waals surface area contributed by atoms with Crippen LogP contribution in [0.4, 0.5) is 5.69 Å². The molecule has 3 aliphatic heterocycles. The Bertz CT molecular complexity index is 999. The van der Waals surface area contributed by atoms with Crippen molar-refractivity contribution in [2.24, 2.45) is 17.8 Å². The number of nitrogens with zero attached hydrogens (tertiary/aromatic N) is 1. The maximum Gasteiger partial charge on any atom is 0.310 e. The number of ether oxygens (including phenoxy) is 1. The number of fused-ring (bicyclic) bond motifs is 1. The molecule has 4 rings (SSSR count). The molecule has 7 atom stereocenters. The summed E-state index contributed by atoms with van der Waals surface area (Å²) in [4.78, 5) is 42.8. The van der Waals surface area contributed by atoms with Crippen LogP contribution in [-0.4, -0.2) is 67.9 Å². The highest BCUT2D eigenvalue weighted by atomic mass is 79.9. The molecule has 2 bridgehead atoms. The van der Waals surface area contributed by atoms with E-state index < -0.39 is 28.7 Å². The highest BCUT2D eigenvalue weighted by Crippen LogP contribution is 2.68. The van der Waals surface area contributed by atoms with E-state index >= 15 is 0 Å². The number of benzene rings is 1. The number of likely N-dealkylation sites (tertiary alicyclic amines) is 1. The minimum atomic E-state index is -0.801. The zero-order valence-electron chi connectivity index (χ0n) is 20.9. The Kier molecular flexibility index (Phi) is 7.61. The number of carbonyl (C=O) groups is 3. The van der Waals surface area contributed by atoms with Crippen LogP contribution in [0.15, 0.2) is 18.2 Å². The fourth-order valence-corrected chi connectivity index (χ4v) is 9.88. The summed E-state index contributed by atoms with van der Waals surface area (Å²) in [7, 11) is 0. The SMILES string of the molecule is CCOC(=O)[C@H]1[C@@H]2SC3(CC2Br)C(C(=O)Nc2c(C)cccc2C)N([C@@H](CO)CC(C)C)C(=O)[C@H]13. The second kappa shape index (κ2) is 10.1. The first-order valence-corrected chi connectivity index (χ1v) is 14.2. The zero-order valence-corrected chi connectivity index (χ0v) is 23.3. The topological polar surface area (TPSA) is 95.9 Å². The predicted octanol–water partition coefficient (Wildman–Crippen LogP) is 3.68. The summed E-state index contributed by atoms with van der Waals surface area (Å²) >= 11 is 5.32. The van der Waals surface area contributed by atoms with E-state index in [1.807, 2.05) is 45.9 Å². The molecule has 0 aromatic heterocycles. The van der Waals surface area contributed by atoms with Crippen LogP contribution in [0.5, 0.6) is 0 Å². The first-order valence-electron chi connectivity index (χ1n) is 12.4. The summed E-state index contributed by atoms with van der Waals surface area (Å²) < 4.78 is 4.63. The van der Waals surface area contributed by atoms with Gasteiger partial charge in [0.25, 0.3) is 0 Å². The molecule has 3 fully saturated rings. The number of thioether (sulfide) groups is 1. The van der Waals surface area contributed by atoms with Gasteiger partial charge in [0.1, 0.15) is 6.04 Å². The number of alkyl halides is 1. The molecule has 2 N–H and O–H groups in total. The summed E-state index contributed by atoms with van der Waals surface area (Å²) in [6, 6.07) is 4.52. The maximum absolute atomic E-state index is 14.1. The molecule has 3 aliphatic rings. The van der Waals surface area contributed by atoms with Gasteiger partial charge in [-0.25, -0.2) is 0 Å². The highest BCUT2D eigenvalue weighted by molar-refractivity contribution is 9.09. The van der Waals surface area contributed by atoms with Gasteiger partial charge in [0.05, 0.1) is 35.8 Å². The second-order valence-corrected chi connectivity index (χ2v) is 13.1. The van der Waals surface area contributed by atoms with E-state index in [1.165, 1.54) is 0 Å². The fourth-order valence-electron chi connectivity index (χ4n) is 6.29. The van der Waals surface area contributed by atoms with E-state index in [2.05, 4.69) is 21.2 Å². The van der Waals surface area contributed by atoms with Crippen LogP contribution in [0.1, 0.15) is 44.7 Å². The molecular weight excluding hydrogens is 532 g/mol. The Labute approximate surface area is 219 Å². The number of halogens is 1. The molecule has 1 spiro atoms. The van der Waals surface area contributed by atoms with Crippen LogP contribution in [-0.2, 0) is 19.1 Å². The largest absolute Gasteiger partial charge is 0.466 e. The molecule has 35 heavy (non-hydrogen) atoms. The smallest absolute Gasteiger partial charge is 0.310 e. The Hall–Kier alpha value is -1.58. The molecule has 3 unspecified atom stereocenters. The standard InChI is InChI=1S/C26H35BrN2O5S/c1-6-34-25(33)18-19-24(32)29(16(12-30)10-13(2)3)22(26(19)11-17(27)21(18)35-26)23(31)28-20-14(4)8-7-9-15(20)5/h7-9,13,16-19,21-22,30H,6,10-12H2,1-5H3,(H,28,31)/t16-,17?,18-,19+,21-,22?,26?/m1/s1. The molecule has 9 heteroatoms. The third-order valence-corrected chi connectivity index (χ3v) is 10.8. The van der Waals surface area contributed by atoms with Crippen molar-refractivity contribution in [1.29, 1.82) is 0 Å². The molecular formula is C26H35BrN2O5S. The van der Waals surface area contributed by atoms with Gasteiger partial charge in [-0.05, 0) is 50.7 Å². The Balaban J connectivity index is 1.80. The number of aliphatic hydroxyl groups excluding tert-OH is 1. The van der Waals surface area contributed by atoms with Crippen molar-refractivity contribution in [3.05, 3.63) is 29.3 Å². The maximum atomic E-state index is 14.1. The molecule has 192 valence electrons. The van der Waals surface area contributed by atoms with Crippen LogP contribution in [0.3, 0.4) is 0 Å². The number of esters is 1. The molecule has 2 amide bonds. The van der Waals surface area contributed by atoms with Crippen LogP contribution < -0.4 is 5.32 Å². The normalized spacial score (nSPS) is 32.2. The molecule has 3 heterocycles. The fraction of sp³-hybridized carbons (Fsp3) is 0.654. The van der Waals surface area contributed by atoms with Crippen LogP contribution in [0.25, 0.3) is 0 Å². The minimum absolute atomic E-state index is 0.0147. The number of anilines is 1. The molecule has 3 saturated heterocycles. The number of rotatable bonds is 8. The van der Waals surface area contributed by atoms with Crippen molar-refractivity contribution in [3.8, 4) is 0 Å². The predicted molar refractivity (Wildman–Crippen MR) is 141 cm³/mol. The number of hydrogen-bond acceptors (Lipinski definition) is 6. The van der Waals surface area contributed by atoms with E-state index in [9.17, 15) is 19.5 Å². The number of amides is 2. The minimum Gasteiger partial charge on any atom is -0.466 e. The first kappa shape index (κ1) is 26.5. The van der Waals surface area contributed by atoms with Crippen LogP contribution >= 0.6 is 27.7 Å². The van der Waals surface area contributed by atoms with Crippen molar-refractivity contribution in [2.45, 2.75) is 74.4 Å². The van der Waals surface area contributed by atoms with E-state index in [0.717, 1.165) is 16.8 Å². The average molecular weight is 568 g/mol. The number of nitrogens with one attached hydrogen (secondary N) is 1. The summed E-state index contributed by atoms with van der Waals surface area (Å²) in [6.07, 6.45) is 1.16. The van der Waals surface area contributed by atoms with E-state index in [0.29, 0.717) is 12.8 Å². The van der Waals surface area contributed by atoms with Gasteiger partial charge in [-0.3, -0.25) is 14.4 Å². The lowest BCUT2D eigenvalue weighted by atomic mass is 9.71. The zero-order chi connectivity index (χ0) is 25.7. The number of hydrogen-bond donors (Lipinski definition) is 2. The molecule has 1 aromatic rings. The van der Waals surface area contributed by atoms with Gasteiger partial charge < -0.3 is 20.1 Å². The van der Waals surface area contributed by atoms with Crippen LogP contribution in [0, 0.1) is 31.6 Å². The van der Waals surface area contributed by atoms with Gasteiger partial charge in [-0.2, -0.15) is 0 Å². The van der Waals surface area contributed by atoms with Gasteiger partial charge in [0.15, 0.2) is 0 Å². The molecule has 0 saturated carbocycles. The summed E-state index contributed by atoms with van der Waals surface area (Å²) in [5.41, 5.74) is 2.62. The van der Waals surface area contributed by atoms with E-state index in [4.69, 9.17) is 4.74 Å². The van der Waals surface area contributed by atoms with Crippen LogP contribution in [0.2, 0.25) is 0 Å². The molecule has 0 aliphatic carbocycles. The monoisotopic (exact) mass is 566 g/mol. The van der Waals surface area contributed by atoms with Crippen molar-refractivity contribution in [2.75, 3.05) is 18.5 Å². The lowest BCUT2D eigenvalue weighted by Gasteiger charge is -2.38. The van der Waals surface area contributed by atoms with Crippen molar-refractivity contribution >= 4 is 51.2 Å². The number of aliphatic hydroxyl groups is 1. The summed E-state index contributed by atoms with van der Waals surface area (Å²) in [5, 5.41) is 13.3. The van der Waals surface area contributed by atoms with Gasteiger partial charge in [0, 0.05) is 15.8 Å². The Morgan fingerprint density at radius 2 is 1.97 bits per heavy atom. The van der Waals surface area contributed by atoms with Gasteiger partial charge >= 0.3 is 5.97 Å². The van der Waals surface area contributed by atoms with Gasteiger partial charge in [-0.1, -0.05) is 48.0 Å². The second-order valence-electron chi connectivity index (χ2n) is 10.4. The van der Waals surface area contributed by atoms with Gasteiger partial charge in [-0.15, -0.1) is 11.8 Å². The third-order valence-electron chi connectivity index (χ3n) is 7.61. The van der Waals surface area contributed by atoms with E-state index in [-0.39, 0.29) is 47.0 Å². The third kappa shape index (κ3) is 4.31. The van der Waals surface area contributed by atoms with E-state index in [1.54, 1.807) is 23.6 Å². The highest BCUT2D eigenvalue weighted by Gasteiger charge is 2.76. The Morgan fingerprint density at radius 3 is 2.54 bits per heavy atom. The average Bonchev–Trinajstić information content (AvgIpc) is 3.38. The summed E-state index contributed by atoms with van der Waals surface area (Å²) in [5.74, 6) is -1.93. The lowest BCUT2D eigenvalue weighted by molar-refractivity contribution is -0.154. The lowest BCUT2D eigenvalue weighted by Crippen LogP contribution is -2.55. The van der Waals surface area contributed by atoms with Crippen molar-refractivity contribution < 1.29 is 24.2 Å². The number of aryl methyl sites for hydroxylation is 2. The molecule has 1 aromatic carbocycles.